The van der Waals surface area contributed by atoms with E-state index in [1.165, 1.54) is 19.4 Å². The van der Waals surface area contributed by atoms with Gasteiger partial charge in [-0.25, -0.2) is 9.78 Å². The Morgan fingerprint density at radius 1 is 0.586 bits per heavy atom. The number of rotatable bonds is 37. The standard InChI is InChI=1S/C56H88N18O13/c1-8-29(4)43(52(84)71-41(54(86)87)22-28(2)3)72-48(80)38(19-13-21-64-56(60)61)68-42(77)26-65-51(83)44(31(6)75)74-53(85)45(32(7)76)73-50(82)40(24-35-25-62-27-66-35)70-49(81)39(23-34-16-11-15-33-14-9-10-17-36(33)34)69-46(78)30(5)67-47(79)37(57)18-12-20-63-55(58)59/h9-11,14-17,25,27-32,37-41,43-45,75-76H,8,12-13,18-24,26,57H2,1-7H3,(H,62,66)(H,65,83)(H,67,79)(H,68,77)(H,69,78)(H,70,81)(H,71,84)(H,72,80)(H,73,82)(H,74,85)(H,86,87)(H4,58,59,63)(H4,60,61,64)/t29?,30-,31+,32+,37-,38-,39-,40-,41+,43-,44-,45-/m0/s1. The number of aromatic amines is 1. The quantitative estimate of drug-likeness (QED) is 0.0148. The van der Waals surface area contributed by atoms with E-state index in [1.54, 1.807) is 45.9 Å². The van der Waals surface area contributed by atoms with Crippen molar-refractivity contribution in [2.75, 3.05) is 19.6 Å². The molecule has 1 aromatic heterocycles. The Kier molecular flexibility index (Phi) is 30.0. The van der Waals surface area contributed by atoms with Crippen molar-refractivity contribution in [3.05, 3.63) is 66.2 Å². The number of carboxylic acids is 1. The zero-order valence-corrected chi connectivity index (χ0v) is 50.1. The van der Waals surface area contributed by atoms with Crippen LogP contribution in [0.25, 0.3) is 10.8 Å². The maximum Gasteiger partial charge on any atom is 0.326 e. The molecule has 0 aliphatic carbocycles. The lowest BCUT2D eigenvalue weighted by molar-refractivity contribution is -0.143. The highest BCUT2D eigenvalue weighted by atomic mass is 16.4. The van der Waals surface area contributed by atoms with Crippen molar-refractivity contribution < 1.29 is 63.3 Å². The average molecular weight is 1220 g/mol. The molecule has 0 saturated carbocycles. The summed E-state index contributed by atoms with van der Waals surface area (Å²) in [6.07, 6.45) is -0.00381. The molecular formula is C56H88N18O13. The highest BCUT2D eigenvalue weighted by Gasteiger charge is 2.37. The summed E-state index contributed by atoms with van der Waals surface area (Å²) in [5, 5.41) is 55.5. The molecule has 31 heteroatoms. The van der Waals surface area contributed by atoms with Gasteiger partial charge in [-0.05, 0) is 81.0 Å². The zero-order valence-electron chi connectivity index (χ0n) is 50.1. The van der Waals surface area contributed by atoms with Crippen molar-refractivity contribution in [3.63, 3.8) is 0 Å². The van der Waals surface area contributed by atoms with Gasteiger partial charge in [0.2, 0.25) is 53.2 Å². The molecule has 0 aliphatic heterocycles. The van der Waals surface area contributed by atoms with Crippen LogP contribution in [0, 0.1) is 11.8 Å². The van der Waals surface area contributed by atoms with Gasteiger partial charge < -0.3 is 96.8 Å². The van der Waals surface area contributed by atoms with Crippen LogP contribution in [-0.2, 0) is 60.8 Å². The number of nitrogens with zero attached hydrogens (tertiary/aromatic N) is 3. The van der Waals surface area contributed by atoms with Gasteiger partial charge in [0, 0.05) is 37.8 Å². The van der Waals surface area contributed by atoms with Gasteiger partial charge in [-0.3, -0.25) is 53.1 Å². The predicted octanol–water partition coefficient (Wildman–Crippen LogP) is -4.26. The average Bonchev–Trinajstić information content (AvgIpc) is 2.70. The second-order valence-corrected chi connectivity index (χ2v) is 21.7. The van der Waals surface area contributed by atoms with Gasteiger partial charge in [-0.1, -0.05) is 76.6 Å². The third-order valence-corrected chi connectivity index (χ3v) is 13.9. The van der Waals surface area contributed by atoms with Crippen LogP contribution in [0.5, 0.6) is 0 Å². The first-order chi connectivity index (χ1) is 41.0. The third kappa shape index (κ3) is 24.9. The van der Waals surface area contributed by atoms with Crippen molar-refractivity contribution in [1.82, 2.24) is 57.8 Å². The number of aliphatic imine (C=N–C) groups is 2. The molecule has 480 valence electrons. The number of hydrogen-bond acceptors (Lipinski definition) is 16. The lowest BCUT2D eigenvalue weighted by atomic mass is 9.96. The molecule has 9 amide bonds. The SMILES string of the molecule is CCC(C)[C@H](NC(=O)[C@H](CCCN=C(N)N)NC(=O)CNC(=O)[C@@H](NC(=O)[C@@H](NC(=O)[C@H](Cc1cnc[nH]1)NC(=O)[C@H](Cc1cccc2ccccc12)NC(=O)[C@H](C)NC(=O)[C@@H](N)CCCN=C(N)N)[C@@H](C)O)[C@@H](C)O)C(=O)N[C@H](CC(C)C)C(=O)O. The van der Waals surface area contributed by atoms with Crippen LogP contribution in [-0.4, -0.2) is 183 Å². The second-order valence-electron chi connectivity index (χ2n) is 21.7. The number of carbonyl (C=O) groups excluding carboxylic acids is 9. The van der Waals surface area contributed by atoms with Crippen LogP contribution >= 0.6 is 0 Å². The molecule has 23 N–H and O–H groups in total. The van der Waals surface area contributed by atoms with Crippen molar-refractivity contribution in [1.29, 1.82) is 0 Å². The van der Waals surface area contributed by atoms with Crippen LogP contribution < -0.4 is 76.5 Å². The highest BCUT2D eigenvalue weighted by molar-refractivity contribution is 5.99. The molecule has 0 bridgehead atoms. The molecule has 12 atom stereocenters. The Hall–Kier alpha value is -8.97. The number of nitrogens with one attached hydrogen (secondary N) is 10. The Morgan fingerprint density at radius 3 is 1.70 bits per heavy atom. The Balaban J connectivity index is 1.84. The minimum Gasteiger partial charge on any atom is -0.480 e. The minimum atomic E-state index is -1.87. The van der Waals surface area contributed by atoms with Crippen molar-refractivity contribution in [2.24, 2.45) is 50.5 Å². The number of hydrogen-bond donors (Lipinski definition) is 18. The highest BCUT2D eigenvalue weighted by Crippen LogP contribution is 2.21. The molecule has 87 heavy (non-hydrogen) atoms. The van der Waals surface area contributed by atoms with E-state index in [2.05, 4.69) is 67.8 Å². The normalized spacial score (nSPS) is 15.3. The number of benzene rings is 2. The van der Waals surface area contributed by atoms with E-state index >= 15 is 0 Å². The summed E-state index contributed by atoms with van der Waals surface area (Å²) in [7, 11) is 0. The van der Waals surface area contributed by atoms with E-state index in [0.29, 0.717) is 24.1 Å². The first-order valence-electron chi connectivity index (χ1n) is 28.6. The number of imidazole rings is 1. The fourth-order valence-electron chi connectivity index (χ4n) is 8.84. The summed E-state index contributed by atoms with van der Waals surface area (Å²) in [5.41, 5.74) is 28.7. The molecular weight excluding hydrogens is 1130 g/mol. The van der Waals surface area contributed by atoms with Crippen LogP contribution in [0.15, 0.2) is 65.0 Å². The van der Waals surface area contributed by atoms with E-state index < -0.39 is 138 Å². The van der Waals surface area contributed by atoms with E-state index in [1.807, 2.05) is 24.3 Å². The molecule has 0 aliphatic rings. The summed E-state index contributed by atoms with van der Waals surface area (Å²) in [4.78, 5) is 151. The second kappa shape index (κ2) is 36.1. The summed E-state index contributed by atoms with van der Waals surface area (Å²) >= 11 is 0. The smallest absolute Gasteiger partial charge is 0.326 e. The van der Waals surface area contributed by atoms with Gasteiger partial charge in [0.1, 0.15) is 48.3 Å². The van der Waals surface area contributed by atoms with Crippen molar-refractivity contribution in [2.45, 2.75) is 166 Å². The fraction of sp³-hybridized carbons (Fsp3) is 0.554. The molecule has 2 aromatic carbocycles. The molecule has 1 unspecified atom stereocenters. The van der Waals surface area contributed by atoms with Crippen molar-refractivity contribution in [3.8, 4) is 0 Å². The van der Waals surface area contributed by atoms with Gasteiger partial charge >= 0.3 is 5.97 Å². The number of nitrogens with two attached hydrogens (primary N) is 5. The first-order valence-corrected chi connectivity index (χ1v) is 28.6. The van der Waals surface area contributed by atoms with Crippen LogP contribution in [0.4, 0.5) is 0 Å². The molecule has 0 saturated heterocycles. The molecule has 0 spiro atoms. The molecule has 3 rings (SSSR count). The Morgan fingerprint density at radius 2 is 1.11 bits per heavy atom. The van der Waals surface area contributed by atoms with Gasteiger partial charge in [-0.15, -0.1) is 0 Å². The Labute approximate surface area is 504 Å². The van der Waals surface area contributed by atoms with Crippen LogP contribution in [0.2, 0.25) is 0 Å². The molecule has 0 fully saturated rings. The number of aliphatic carboxylic acids is 1. The van der Waals surface area contributed by atoms with Gasteiger partial charge in [0.15, 0.2) is 11.9 Å². The number of aliphatic hydroxyl groups excluding tert-OH is 2. The maximum atomic E-state index is 14.6. The molecule has 3 aromatic rings. The number of amides is 9. The number of carbonyl (C=O) groups is 10. The lowest BCUT2D eigenvalue weighted by Crippen LogP contribution is -2.63. The van der Waals surface area contributed by atoms with E-state index in [0.717, 1.165) is 24.6 Å². The summed E-state index contributed by atoms with van der Waals surface area (Å²) in [5.74, 6) is -10.5. The van der Waals surface area contributed by atoms with Crippen LogP contribution in [0.3, 0.4) is 0 Å². The number of aromatic nitrogens is 2. The number of H-pyrrole nitrogens is 1. The fourth-order valence-corrected chi connectivity index (χ4v) is 8.84. The topological polar surface area (TPSA) is 523 Å². The summed E-state index contributed by atoms with van der Waals surface area (Å²) in [6.45, 7) is 10.1. The van der Waals surface area contributed by atoms with Gasteiger partial charge in [0.25, 0.3) is 0 Å². The monoisotopic (exact) mass is 1220 g/mol. The zero-order chi connectivity index (χ0) is 65.1. The number of carboxylic acid groups (broad SMARTS) is 1. The Bertz CT molecular complexity index is 2850. The maximum absolute atomic E-state index is 14.6. The van der Waals surface area contributed by atoms with Gasteiger partial charge in [0.05, 0.1) is 31.1 Å². The van der Waals surface area contributed by atoms with E-state index in [4.69, 9.17) is 28.7 Å². The largest absolute Gasteiger partial charge is 0.480 e. The van der Waals surface area contributed by atoms with Gasteiger partial charge in [-0.2, -0.15) is 0 Å². The number of fused-ring (bicyclic) bond motifs is 1. The molecule has 31 nitrogen and oxygen atoms in total. The first kappa shape index (κ1) is 72.3. The number of aliphatic hydroxyl groups is 2. The summed E-state index contributed by atoms with van der Waals surface area (Å²) < 4.78 is 0. The van der Waals surface area contributed by atoms with Crippen molar-refractivity contribution >= 4 is 81.8 Å². The molecule has 1 heterocycles. The molecule has 0 radical (unpaired) electrons. The number of guanidine groups is 2. The van der Waals surface area contributed by atoms with E-state index in [9.17, 15) is 63.3 Å². The lowest BCUT2D eigenvalue weighted by Gasteiger charge is -2.29. The third-order valence-electron chi connectivity index (χ3n) is 13.9. The predicted molar refractivity (Wildman–Crippen MR) is 322 cm³/mol. The summed E-state index contributed by atoms with van der Waals surface area (Å²) in [6, 6.07) is -0.110. The van der Waals surface area contributed by atoms with E-state index in [-0.39, 0.29) is 69.5 Å². The minimum absolute atomic E-state index is 0.0328. The van der Waals surface area contributed by atoms with Crippen LogP contribution in [0.1, 0.15) is 98.2 Å².